The zero-order chi connectivity index (χ0) is 31.6. The lowest BCUT2D eigenvalue weighted by Gasteiger charge is -2.14. The number of hydrogen-bond acceptors (Lipinski definition) is 5. The molecule has 1 aliphatic rings. The van der Waals surface area contributed by atoms with Crippen molar-refractivity contribution < 1.29 is 4.42 Å². The molecule has 226 valence electrons. The van der Waals surface area contributed by atoms with Gasteiger partial charge in [0.2, 0.25) is 0 Å². The molecule has 0 N–H and O–H groups in total. The number of para-hydroxylation sites is 1. The van der Waals surface area contributed by atoms with Crippen molar-refractivity contribution in [1.82, 2.24) is 15.0 Å². The number of rotatable bonds is 4. The summed E-state index contributed by atoms with van der Waals surface area (Å²) in [5.41, 5.74) is 9.38. The summed E-state index contributed by atoms with van der Waals surface area (Å²) < 4.78 is 9.14. The SMILES string of the molecule is C1=Cc2cc(-c3ccc(-c4nc(-c5ccccc5)nc(-c5cccc6sc7ccccc7c56)n4)c4c3oc3ccccc34)ccc2CC1. The van der Waals surface area contributed by atoms with Gasteiger partial charge in [0.15, 0.2) is 17.5 Å². The molecule has 9 aromatic rings. The fourth-order valence-electron chi connectivity index (χ4n) is 7.13. The summed E-state index contributed by atoms with van der Waals surface area (Å²) in [5, 5.41) is 4.43. The highest BCUT2D eigenvalue weighted by atomic mass is 32.1. The van der Waals surface area contributed by atoms with Crippen LogP contribution in [-0.2, 0) is 6.42 Å². The molecule has 0 aliphatic heterocycles. The minimum atomic E-state index is 0.617. The number of benzene rings is 6. The molecule has 10 rings (SSSR count). The summed E-state index contributed by atoms with van der Waals surface area (Å²) in [7, 11) is 0. The average molecular weight is 634 g/mol. The van der Waals surface area contributed by atoms with Crippen molar-refractivity contribution in [3.63, 3.8) is 0 Å². The van der Waals surface area contributed by atoms with Gasteiger partial charge in [0.25, 0.3) is 0 Å². The lowest BCUT2D eigenvalue weighted by molar-refractivity contribution is 0.670. The molecular weight excluding hydrogens is 607 g/mol. The minimum absolute atomic E-state index is 0.617. The molecule has 6 aromatic carbocycles. The summed E-state index contributed by atoms with van der Waals surface area (Å²) in [4.78, 5) is 15.5. The third-order valence-corrected chi connectivity index (χ3v) is 10.5. The van der Waals surface area contributed by atoms with Crippen LogP contribution in [0.25, 0.3) is 93.5 Å². The van der Waals surface area contributed by atoms with Gasteiger partial charge < -0.3 is 4.42 Å². The normalized spacial score (nSPS) is 12.8. The Labute approximate surface area is 280 Å². The van der Waals surface area contributed by atoms with Crippen LogP contribution < -0.4 is 0 Å². The largest absolute Gasteiger partial charge is 0.455 e. The molecule has 0 saturated carbocycles. The monoisotopic (exact) mass is 633 g/mol. The highest BCUT2D eigenvalue weighted by Crippen LogP contribution is 2.43. The minimum Gasteiger partial charge on any atom is -0.455 e. The van der Waals surface area contributed by atoms with E-state index < -0.39 is 0 Å². The Morgan fingerprint density at radius 2 is 1.27 bits per heavy atom. The van der Waals surface area contributed by atoms with Crippen molar-refractivity contribution in [3.8, 4) is 45.3 Å². The van der Waals surface area contributed by atoms with Gasteiger partial charge in [0, 0.05) is 53.2 Å². The molecule has 0 saturated heterocycles. The van der Waals surface area contributed by atoms with E-state index in [1.807, 2.05) is 30.3 Å². The van der Waals surface area contributed by atoms with Crippen molar-refractivity contribution in [2.24, 2.45) is 0 Å². The van der Waals surface area contributed by atoms with Crippen LogP contribution in [0.4, 0.5) is 0 Å². The van der Waals surface area contributed by atoms with E-state index in [1.165, 1.54) is 31.3 Å². The molecule has 0 unspecified atom stereocenters. The number of thiophene rings is 1. The van der Waals surface area contributed by atoms with Crippen molar-refractivity contribution in [3.05, 3.63) is 145 Å². The zero-order valence-corrected chi connectivity index (χ0v) is 26.7. The predicted molar refractivity (Wildman–Crippen MR) is 199 cm³/mol. The molecule has 0 amide bonds. The molecule has 1 aliphatic carbocycles. The van der Waals surface area contributed by atoms with Crippen LogP contribution in [0.5, 0.6) is 0 Å². The first-order chi connectivity index (χ1) is 23.8. The molecule has 4 nitrogen and oxygen atoms in total. The second-order valence-electron chi connectivity index (χ2n) is 12.3. The van der Waals surface area contributed by atoms with Crippen LogP contribution in [-0.4, -0.2) is 15.0 Å². The van der Waals surface area contributed by atoms with Gasteiger partial charge in [-0.3, -0.25) is 0 Å². The number of furan rings is 1. The Kier molecular flexibility index (Phi) is 6.14. The number of aryl methyl sites for hydroxylation is 1. The first-order valence-electron chi connectivity index (χ1n) is 16.3. The van der Waals surface area contributed by atoms with Gasteiger partial charge in [-0.2, -0.15) is 0 Å². The molecule has 0 radical (unpaired) electrons. The third-order valence-electron chi connectivity index (χ3n) is 9.41. The van der Waals surface area contributed by atoms with E-state index in [-0.39, 0.29) is 0 Å². The van der Waals surface area contributed by atoms with Gasteiger partial charge in [-0.15, -0.1) is 11.3 Å². The number of allylic oxidation sites excluding steroid dienone is 1. The highest BCUT2D eigenvalue weighted by molar-refractivity contribution is 7.25. The fraction of sp³-hybridized carbons (Fsp3) is 0.0465. The van der Waals surface area contributed by atoms with Gasteiger partial charge in [0.05, 0.1) is 0 Å². The Balaban J connectivity index is 1.25. The first kappa shape index (κ1) is 27.2. The van der Waals surface area contributed by atoms with E-state index in [9.17, 15) is 0 Å². The molecule has 0 spiro atoms. The van der Waals surface area contributed by atoms with E-state index >= 15 is 0 Å². The predicted octanol–water partition coefficient (Wildman–Crippen LogP) is 11.8. The van der Waals surface area contributed by atoms with Crippen LogP contribution in [0.1, 0.15) is 17.5 Å². The lowest BCUT2D eigenvalue weighted by atomic mass is 9.92. The number of aromatic nitrogens is 3. The summed E-state index contributed by atoms with van der Waals surface area (Å²) in [6.07, 6.45) is 6.66. The second-order valence-corrected chi connectivity index (χ2v) is 13.4. The maximum atomic E-state index is 6.68. The second kappa shape index (κ2) is 10.8. The van der Waals surface area contributed by atoms with Crippen molar-refractivity contribution in [2.45, 2.75) is 12.8 Å². The number of fused-ring (bicyclic) bond motifs is 7. The number of hydrogen-bond donors (Lipinski definition) is 0. The lowest BCUT2D eigenvalue weighted by Crippen LogP contribution is -2.01. The molecule has 0 atom stereocenters. The van der Waals surface area contributed by atoms with Crippen LogP contribution in [0, 0.1) is 0 Å². The van der Waals surface area contributed by atoms with E-state index in [0.717, 1.165) is 62.6 Å². The van der Waals surface area contributed by atoms with Crippen LogP contribution in [0.2, 0.25) is 0 Å². The van der Waals surface area contributed by atoms with Crippen LogP contribution in [0.3, 0.4) is 0 Å². The van der Waals surface area contributed by atoms with Crippen molar-refractivity contribution in [1.29, 1.82) is 0 Å². The summed E-state index contributed by atoms with van der Waals surface area (Å²) in [6.45, 7) is 0. The number of nitrogens with zero attached hydrogens (tertiary/aromatic N) is 3. The summed E-state index contributed by atoms with van der Waals surface area (Å²) >= 11 is 1.80. The maximum Gasteiger partial charge on any atom is 0.164 e. The van der Waals surface area contributed by atoms with E-state index in [0.29, 0.717) is 17.5 Å². The zero-order valence-electron chi connectivity index (χ0n) is 25.9. The van der Waals surface area contributed by atoms with Gasteiger partial charge in [-0.25, -0.2) is 15.0 Å². The average Bonchev–Trinajstić information content (AvgIpc) is 3.74. The molecule has 0 bridgehead atoms. The molecule has 0 fully saturated rings. The van der Waals surface area contributed by atoms with Crippen LogP contribution >= 0.6 is 11.3 Å². The van der Waals surface area contributed by atoms with Gasteiger partial charge in [-0.1, -0.05) is 103 Å². The smallest absolute Gasteiger partial charge is 0.164 e. The Morgan fingerprint density at radius 3 is 2.17 bits per heavy atom. The fourth-order valence-corrected chi connectivity index (χ4v) is 8.26. The highest BCUT2D eigenvalue weighted by Gasteiger charge is 2.22. The molecule has 5 heteroatoms. The Hall–Kier alpha value is -5.91. The quantitative estimate of drug-likeness (QED) is 0.193. The van der Waals surface area contributed by atoms with E-state index in [2.05, 4.69) is 109 Å². The van der Waals surface area contributed by atoms with Gasteiger partial charge >= 0.3 is 0 Å². The van der Waals surface area contributed by atoms with Crippen LogP contribution in [0.15, 0.2) is 138 Å². The molecule has 3 aromatic heterocycles. The summed E-state index contributed by atoms with van der Waals surface area (Å²) in [6, 6.07) is 44.5. The molecular formula is C43H27N3OS. The maximum absolute atomic E-state index is 6.68. The van der Waals surface area contributed by atoms with Crippen molar-refractivity contribution >= 4 is 59.5 Å². The van der Waals surface area contributed by atoms with Gasteiger partial charge in [0.1, 0.15) is 11.2 Å². The standard InChI is InChI=1S/C43H27N3OS/c1-2-12-27(13-3-1)41-44-42(33-17-10-20-37-38(33)32-16-7-9-19-36(32)48-37)46-43(45-41)34-24-23-30(29-22-21-26-11-4-5-14-28(26)25-29)40-39(34)31-15-6-8-18-35(31)47-40/h1-3,5-10,12-25H,4,11H2. The Morgan fingerprint density at radius 1 is 0.542 bits per heavy atom. The van der Waals surface area contributed by atoms with E-state index in [1.54, 1.807) is 11.3 Å². The molecule has 3 heterocycles. The van der Waals surface area contributed by atoms with E-state index in [4.69, 9.17) is 19.4 Å². The summed E-state index contributed by atoms with van der Waals surface area (Å²) in [5.74, 6) is 1.91. The van der Waals surface area contributed by atoms with Gasteiger partial charge in [-0.05, 0) is 65.9 Å². The Bertz CT molecular complexity index is 2740. The topological polar surface area (TPSA) is 51.8 Å². The third kappa shape index (κ3) is 4.32. The molecule has 48 heavy (non-hydrogen) atoms. The van der Waals surface area contributed by atoms with Crippen molar-refractivity contribution in [2.75, 3.05) is 0 Å². The first-order valence-corrected chi connectivity index (χ1v) is 17.1.